The number of rotatable bonds is 5. The van der Waals surface area contributed by atoms with Gasteiger partial charge in [-0.2, -0.15) is 18.3 Å². The number of fused-ring (bicyclic) bond motifs is 1. The Morgan fingerprint density at radius 2 is 1.91 bits per heavy atom. The van der Waals surface area contributed by atoms with Crippen LogP contribution < -0.4 is 15.5 Å². The summed E-state index contributed by atoms with van der Waals surface area (Å²) in [5, 5.41) is 7.15. The van der Waals surface area contributed by atoms with Gasteiger partial charge in [0.1, 0.15) is 11.5 Å². The molecule has 0 unspecified atom stereocenters. The largest absolute Gasteiger partial charge is 0.495 e. The Kier molecular flexibility index (Phi) is 6.13. The summed E-state index contributed by atoms with van der Waals surface area (Å²) in [6.07, 6.45) is -2.45. The van der Waals surface area contributed by atoms with Crippen molar-refractivity contribution in [1.29, 1.82) is 0 Å². The first-order valence-corrected chi connectivity index (χ1v) is 10.3. The lowest BCUT2D eigenvalue weighted by molar-refractivity contribution is -0.137. The molecule has 2 N–H and O–H groups in total. The summed E-state index contributed by atoms with van der Waals surface area (Å²) in [6, 6.07) is 11.9. The first-order chi connectivity index (χ1) is 15.8. The summed E-state index contributed by atoms with van der Waals surface area (Å²) >= 11 is 0. The van der Waals surface area contributed by atoms with Crippen LogP contribution in [0.15, 0.2) is 58.0 Å². The van der Waals surface area contributed by atoms with Crippen molar-refractivity contribution in [2.45, 2.75) is 32.4 Å². The lowest BCUT2D eigenvalue weighted by Gasteiger charge is -2.14. The van der Waals surface area contributed by atoms with E-state index < -0.39 is 17.6 Å². The van der Waals surface area contributed by atoms with Crippen molar-refractivity contribution in [3.05, 3.63) is 76.7 Å². The monoisotopic (exact) mass is 457 g/mol. The second-order valence-electron chi connectivity index (χ2n) is 7.61. The van der Waals surface area contributed by atoms with E-state index in [1.165, 1.54) is 19.2 Å². The van der Waals surface area contributed by atoms with Crippen molar-refractivity contribution in [3.8, 4) is 5.75 Å². The SMILES string of the molecule is COc1ccccc1NC(=O)c1oc2c(c1C)/C(=N/Nc1cccc(C(F)(F)F)c1)CCC2. The average Bonchev–Trinajstić information content (AvgIpc) is 3.15. The summed E-state index contributed by atoms with van der Waals surface area (Å²) in [5.41, 5.74) is 4.67. The highest BCUT2D eigenvalue weighted by Gasteiger charge is 2.31. The molecule has 0 spiro atoms. The molecule has 1 heterocycles. The van der Waals surface area contributed by atoms with Crippen LogP contribution in [0.25, 0.3) is 0 Å². The third-order valence-electron chi connectivity index (χ3n) is 5.40. The third kappa shape index (κ3) is 4.72. The van der Waals surface area contributed by atoms with Crippen LogP contribution in [0.1, 0.15) is 45.8 Å². The van der Waals surface area contributed by atoms with Crippen LogP contribution in [0.4, 0.5) is 24.5 Å². The van der Waals surface area contributed by atoms with Crippen molar-refractivity contribution in [2.24, 2.45) is 5.10 Å². The molecule has 1 aliphatic rings. The highest BCUT2D eigenvalue weighted by Crippen LogP contribution is 2.33. The van der Waals surface area contributed by atoms with Crippen LogP contribution in [0.3, 0.4) is 0 Å². The lowest BCUT2D eigenvalue weighted by atomic mass is 9.93. The molecule has 3 aromatic rings. The van der Waals surface area contributed by atoms with E-state index in [0.717, 1.165) is 18.6 Å². The fraction of sp³-hybridized carbons (Fsp3) is 0.250. The molecule has 172 valence electrons. The molecule has 0 radical (unpaired) electrons. The number of para-hydroxylation sites is 2. The first kappa shape index (κ1) is 22.4. The minimum Gasteiger partial charge on any atom is -0.495 e. The predicted octanol–water partition coefficient (Wildman–Crippen LogP) is 6.02. The Labute approximate surface area is 188 Å². The number of amides is 1. The van der Waals surface area contributed by atoms with Gasteiger partial charge in [-0.15, -0.1) is 0 Å². The van der Waals surface area contributed by atoms with E-state index in [-0.39, 0.29) is 11.4 Å². The molecular weight excluding hydrogens is 435 g/mol. The van der Waals surface area contributed by atoms with Gasteiger partial charge < -0.3 is 14.5 Å². The zero-order valence-corrected chi connectivity index (χ0v) is 18.0. The Balaban J connectivity index is 1.59. The number of nitrogens with one attached hydrogen (secondary N) is 2. The number of carbonyl (C=O) groups is 1. The summed E-state index contributed by atoms with van der Waals surface area (Å²) in [4.78, 5) is 12.9. The minimum absolute atomic E-state index is 0.166. The molecule has 0 aliphatic heterocycles. The molecule has 0 saturated heterocycles. The Hall–Kier alpha value is -3.75. The van der Waals surface area contributed by atoms with Crippen LogP contribution in [-0.4, -0.2) is 18.7 Å². The number of alkyl halides is 3. The normalized spacial score (nSPS) is 14.6. The molecule has 2 aromatic carbocycles. The lowest BCUT2D eigenvalue weighted by Crippen LogP contribution is -2.15. The van der Waals surface area contributed by atoms with Crippen molar-refractivity contribution in [3.63, 3.8) is 0 Å². The van der Waals surface area contributed by atoms with Crippen molar-refractivity contribution in [1.82, 2.24) is 0 Å². The molecule has 0 fully saturated rings. The molecule has 1 amide bonds. The maximum absolute atomic E-state index is 13.0. The van der Waals surface area contributed by atoms with Crippen LogP contribution in [0.5, 0.6) is 5.75 Å². The first-order valence-electron chi connectivity index (χ1n) is 10.3. The topological polar surface area (TPSA) is 75.9 Å². The molecule has 0 saturated carbocycles. The molecule has 4 rings (SSSR count). The number of benzene rings is 2. The van der Waals surface area contributed by atoms with E-state index in [9.17, 15) is 18.0 Å². The van der Waals surface area contributed by atoms with E-state index in [2.05, 4.69) is 15.8 Å². The summed E-state index contributed by atoms with van der Waals surface area (Å²) < 4.78 is 50.1. The summed E-state index contributed by atoms with van der Waals surface area (Å²) in [6.45, 7) is 1.77. The van der Waals surface area contributed by atoms with Crippen molar-refractivity contribution >= 4 is 23.0 Å². The standard InChI is InChI=1S/C24H22F3N3O3/c1-14-21-18(30-29-16-8-5-7-15(13-16)24(25,26)27)10-6-12-20(21)33-22(14)23(31)28-17-9-3-4-11-19(17)32-2/h3-5,7-9,11,13,29H,6,10,12H2,1-2H3,(H,28,31)/b30-18+. The molecule has 1 aromatic heterocycles. The quantitative estimate of drug-likeness (QED) is 0.460. The van der Waals surface area contributed by atoms with Gasteiger partial charge in [0, 0.05) is 17.5 Å². The van der Waals surface area contributed by atoms with Gasteiger partial charge in [-0.25, -0.2) is 0 Å². The van der Waals surface area contributed by atoms with Crippen LogP contribution in [-0.2, 0) is 12.6 Å². The van der Waals surface area contributed by atoms with Gasteiger partial charge in [0.05, 0.1) is 29.8 Å². The number of aryl methyl sites for hydroxylation is 1. The zero-order chi connectivity index (χ0) is 23.6. The molecule has 6 nitrogen and oxygen atoms in total. The fourth-order valence-electron chi connectivity index (χ4n) is 3.82. The van der Waals surface area contributed by atoms with E-state index >= 15 is 0 Å². The van der Waals surface area contributed by atoms with E-state index in [1.807, 2.05) is 0 Å². The van der Waals surface area contributed by atoms with Gasteiger partial charge in [0.15, 0.2) is 5.76 Å². The van der Waals surface area contributed by atoms with Gasteiger partial charge in [0.2, 0.25) is 0 Å². The van der Waals surface area contributed by atoms with Crippen LogP contribution in [0.2, 0.25) is 0 Å². The highest BCUT2D eigenvalue weighted by molar-refractivity contribution is 6.09. The van der Waals surface area contributed by atoms with Gasteiger partial charge in [-0.3, -0.25) is 10.2 Å². The molecule has 0 bridgehead atoms. The Morgan fingerprint density at radius 1 is 1.12 bits per heavy atom. The third-order valence-corrected chi connectivity index (χ3v) is 5.40. The molecule has 33 heavy (non-hydrogen) atoms. The second kappa shape index (κ2) is 9.01. The molecular formula is C24H22F3N3O3. The number of ether oxygens (including phenoxy) is 1. The van der Waals surface area contributed by atoms with Crippen molar-refractivity contribution in [2.75, 3.05) is 17.9 Å². The number of halogens is 3. The number of furan rings is 1. The fourth-order valence-corrected chi connectivity index (χ4v) is 3.82. The van der Waals surface area contributed by atoms with Crippen LogP contribution in [0, 0.1) is 6.92 Å². The zero-order valence-electron chi connectivity index (χ0n) is 18.0. The summed E-state index contributed by atoms with van der Waals surface area (Å²) in [7, 11) is 1.52. The number of hydrogen-bond donors (Lipinski definition) is 2. The minimum atomic E-state index is -4.44. The van der Waals surface area contributed by atoms with E-state index in [1.54, 1.807) is 31.2 Å². The Bertz CT molecular complexity index is 1220. The van der Waals surface area contributed by atoms with Gasteiger partial charge in [-0.05, 0) is 50.1 Å². The Morgan fingerprint density at radius 3 is 2.67 bits per heavy atom. The molecule has 0 atom stereocenters. The molecule has 9 heteroatoms. The number of hydrazone groups is 1. The van der Waals surface area contributed by atoms with Gasteiger partial charge >= 0.3 is 6.18 Å². The average molecular weight is 457 g/mol. The summed E-state index contributed by atoms with van der Waals surface area (Å²) in [5.74, 6) is 0.900. The maximum Gasteiger partial charge on any atom is 0.416 e. The van der Waals surface area contributed by atoms with E-state index in [0.29, 0.717) is 46.9 Å². The number of methoxy groups -OCH3 is 1. The number of carbonyl (C=O) groups excluding carboxylic acids is 1. The number of hydrogen-bond acceptors (Lipinski definition) is 5. The highest BCUT2D eigenvalue weighted by atomic mass is 19.4. The molecule has 1 aliphatic carbocycles. The predicted molar refractivity (Wildman–Crippen MR) is 119 cm³/mol. The van der Waals surface area contributed by atoms with Crippen LogP contribution >= 0.6 is 0 Å². The number of anilines is 2. The smallest absolute Gasteiger partial charge is 0.416 e. The van der Waals surface area contributed by atoms with E-state index in [4.69, 9.17) is 9.15 Å². The van der Waals surface area contributed by atoms with Gasteiger partial charge in [-0.1, -0.05) is 18.2 Å². The maximum atomic E-state index is 13.0. The van der Waals surface area contributed by atoms with Crippen molar-refractivity contribution < 1.29 is 27.1 Å². The number of nitrogens with zero attached hydrogens (tertiary/aromatic N) is 1. The van der Waals surface area contributed by atoms with Gasteiger partial charge in [0.25, 0.3) is 5.91 Å². The second-order valence-corrected chi connectivity index (χ2v) is 7.61.